The number of aromatic nitrogens is 3. The molecule has 0 saturated carbocycles. The van der Waals surface area contributed by atoms with Crippen LogP contribution < -0.4 is 16.0 Å². The van der Waals surface area contributed by atoms with E-state index in [1.807, 2.05) is 49.0 Å². The monoisotopic (exact) mass is 648 g/mol. The molecule has 3 N–H and O–H groups in total. The number of nitrogens with one attached hydrogen (secondary N) is 3. The number of halogens is 1. The summed E-state index contributed by atoms with van der Waals surface area (Å²) in [6.07, 6.45) is 4.32. The van der Waals surface area contributed by atoms with Crippen LogP contribution in [0.15, 0.2) is 72.9 Å². The molecule has 0 atom stereocenters. The fourth-order valence-electron chi connectivity index (χ4n) is 6.17. The number of ether oxygens (including phenoxy) is 1. The zero-order chi connectivity index (χ0) is 33.6. The van der Waals surface area contributed by atoms with Crippen molar-refractivity contribution in [2.45, 2.75) is 65.7 Å². The van der Waals surface area contributed by atoms with Crippen LogP contribution >= 0.6 is 0 Å². The van der Waals surface area contributed by atoms with Crippen LogP contribution in [0.25, 0.3) is 22.2 Å². The molecule has 0 aliphatic carbocycles. The minimum absolute atomic E-state index is 0.209. The number of hydrogen-bond acceptors (Lipinski definition) is 6. The van der Waals surface area contributed by atoms with Gasteiger partial charge in [0.1, 0.15) is 5.82 Å². The Labute approximate surface area is 279 Å². The van der Waals surface area contributed by atoms with Crippen LogP contribution in [-0.2, 0) is 30.8 Å². The summed E-state index contributed by atoms with van der Waals surface area (Å²) in [5.74, 6) is -0.946. The molecule has 248 valence electrons. The standard InChI is InChI=1S/C38H41FN6O3/c1-4-34-31(35(43-29-14-16-48-17-15-29)32-23-42-45(5-2)36(32)44-34)22-41-38(47)28-11-7-10-27(20-28)37(46)40-21-25-12-13-33(39)30(19-25)26-9-6-8-24(3)18-26/h6-13,18-20,23,29H,4-5,14-17,21-22H2,1-3H3,(H,40,46)(H,41,47)(H,43,44). The minimum Gasteiger partial charge on any atom is -0.381 e. The molecule has 1 fully saturated rings. The Bertz CT molecular complexity index is 1950. The quantitative estimate of drug-likeness (QED) is 0.149. The molecule has 3 heterocycles. The summed E-state index contributed by atoms with van der Waals surface area (Å²) >= 11 is 0. The Balaban J connectivity index is 1.16. The number of rotatable bonds is 11. The van der Waals surface area contributed by atoms with Crippen molar-refractivity contribution in [2.75, 3.05) is 18.5 Å². The first kappa shape index (κ1) is 32.8. The molecule has 1 aliphatic heterocycles. The molecule has 10 heteroatoms. The largest absolute Gasteiger partial charge is 0.381 e. The van der Waals surface area contributed by atoms with Crippen LogP contribution in [0.1, 0.15) is 69.8 Å². The van der Waals surface area contributed by atoms with Gasteiger partial charge in [-0.3, -0.25) is 9.59 Å². The molecule has 6 rings (SSSR count). The number of carbonyl (C=O) groups excluding carboxylic acids is 2. The zero-order valence-electron chi connectivity index (χ0n) is 27.6. The summed E-state index contributed by atoms with van der Waals surface area (Å²) in [5, 5.41) is 15.2. The van der Waals surface area contributed by atoms with Gasteiger partial charge in [-0.1, -0.05) is 48.9 Å². The van der Waals surface area contributed by atoms with Crippen molar-refractivity contribution in [1.29, 1.82) is 0 Å². The number of hydrogen-bond donors (Lipinski definition) is 3. The summed E-state index contributed by atoms with van der Waals surface area (Å²) in [5.41, 5.74) is 7.39. The van der Waals surface area contributed by atoms with E-state index in [0.717, 1.165) is 57.5 Å². The lowest BCUT2D eigenvalue weighted by atomic mass is 10.0. The van der Waals surface area contributed by atoms with Crippen molar-refractivity contribution in [3.8, 4) is 11.1 Å². The summed E-state index contributed by atoms with van der Waals surface area (Å²) in [7, 11) is 0. The van der Waals surface area contributed by atoms with Gasteiger partial charge in [-0.25, -0.2) is 14.1 Å². The third-order valence-electron chi connectivity index (χ3n) is 8.80. The third kappa shape index (κ3) is 7.23. The number of anilines is 1. The molecule has 0 bridgehead atoms. The topological polar surface area (TPSA) is 110 Å². The van der Waals surface area contributed by atoms with Crippen LogP contribution in [-0.4, -0.2) is 45.8 Å². The molecule has 0 unspecified atom stereocenters. The maximum Gasteiger partial charge on any atom is 0.251 e. The van der Waals surface area contributed by atoms with Gasteiger partial charge in [-0.15, -0.1) is 0 Å². The van der Waals surface area contributed by atoms with E-state index in [-0.39, 0.29) is 36.8 Å². The van der Waals surface area contributed by atoms with E-state index < -0.39 is 0 Å². The fraction of sp³-hybridized carbons (Fsp3) is 0.316. The summed E-state index contributed by atoms with van der Waals surface area (Å²) in [6.45, 7) is 8.64. The molecule has 2 aromatic heterocycles. The van der Waals surface area contributed by atoms with Gasteiger partial charge in [0.05, 0.1) is 17.3 Å². The first-order valence-electron chi connectivity index (χ1n) is 16.6. The van der Waals surface area contributed by atoms with Crippen LogP contribution in [0.4, 0.5) is 10.1 Å². The lowest BCUT2D eigenvalue weighted by Crippen LogP contribution is -2.30. The number of carbonyl (C=O) groups is 2. The second-order valence-corrected chi connectivity index (χ2v) is 12.1. The van der Waals surface area contributed by atoms with E-state index in [0.29, 0.717) is 42.9 Å². The van der Waals surface area contributed by atoms with Crippen LogP contribution in [0.5, 0.6) is 0 Å². The molecule has 9 nitrogen and oxygen atoms in total. The molecule has 0 spiro atoms. The average molecular weight is 649 g/mol. The van der Waals surface area contributed by atoms with E-state index in [1.165, 1.54) is 6.07 Å². The first-order valence-corrected chi connectivity index (χ1v) is 16.6. The van der Waals surface area contributed by atoms with Crippen molar-refractivity contribution in [1.82, 2.24) is 25.4 Å². The number of amides is 2. The number of nitrogens with zero attached hydrogens (tertiary/aromatic N) is 3. The zero-order valence-corrected chi connectivity index (χ0v) is 27.6. The van der Waals surface area contributed by atoms with Gasteiger partial charge in [0, 0.05) is 66.8 Å². The normalized spacial score (nSPS) is 13.4. The number of benzene rings is 3. The Hall–Kier alpha value is -5.09. The Morgan fingerprint density at radius 3 is 2.38 bits per heavy atom. The van der Waals surface area contributed by atoms with Gasteiger partial charge in [0.25, 0.3) is 11.8 Å². The fourth-order valence-corrected chi connectivity index (χ4v) is 6.17. The smallest absolute Gasteiger partial charge is 0.251 e. The van der Waals surface area contributed by atoms with Crippen LogP contribution in [0, 0.1) is 12.7 Å². The highest BCUT2D eigenvalue weighted by atomic mass is 19.1. The lowest BCUT2D eigenvalue weighted by Gasteiger charge is -2.26. The molecule has 0 radical (unpaired) electrons. The van der Waals surface area contributed by atoms with E-state index in [2.05, 4.69) is 28.0 Å². The van der Waals surface area contributed by atoms with Crippen molar-refractivity contribution >= 4 is 28.5 Å². The minimum atomic E-state index is -0.329. The second-order valence-electron chi connectivity index (χ2n) is 12.1. The molecular weight excluding hydrogens is 607 g/mol. The average Bonchev–Trinajstić information content (AvgIpc) is 3.53. The predicted octanol–water partition coefficient (Wildman–Crippen LogP) is 6.58. The predicted molar refractivity (Wildman–Crippen MR) is 185 cm³/mol. The maximum absolute atomic E-state index is 14.7. The maximum atomic E-state index is 14.7. The third-order valence-corrected chi connectivity index (χ3v) is 8.80. The van der Waals surface area contributed by atoms with Crippen molar-refractivity contribution < 1.29 is 18.7 Å². The molecule has 48 heavy (non-hydrogen) atoms. The van der Waals surface area contributed by atoms with Gasteiger partial charge in [0.15, 0.2) is 5.65 Å². The number of pyridine rings is 1. The SMILES string of the molecule is CCc1nc2c(cnn2CC)c(NC2CCOCC2)c1CNC(=O)c1cccc(C(=O)NCc2ccc(F)c(-c3cccc(C)c3)c2)c1. The first-order chi connectivity index (χ1) is 23.3. The van der Waals surface area contributed by atoms with Crippen molar-refractivity contribution in [3.63, 3.8) is 0 Å². The summed E-state index contributed by atoms with van der Waals surface area (Å²) in [4.78, 5) is 31.6. The van der Waals surface area contributed by atoms with Gasteiger partial charge >= 0.3 is 0 Å². The van der Waals surface area contributed by atoms with Crippen molar-refractivity contribution in [2.24, 2.45) is 0 Å². The van der Waals surface area contributed by atoms with Gasteiger partial charge < -0.3 is 20.7 Å². The Morgan fingerprint density at radius 1 is 0.938 bits per heavy atom. The molecule has 2 amide bonds. The van der Waals surface area contributed by atoms with Crippen molar-refractivity contribution in [3.05, 3.63) is 112 Å². The molecule has 1 saturated heterocycles. The highest BCUT2D eigenvalue weighted by Gasteiger charge is 2.22. The van der Waals surface area contributed by atoms with Gasteiger partial charge in [-0.2, -0.15) is 5.10 Å². The van der Waals surface area contributed by atoms with E-state index >= 15 is 0 Å². The Kier molecular flexibility index (Phi) is 10.1. The number of aryl methyl sites for hydroxylation is 3. The van der Waals surface area contributed by atoms with Gasteiger partial charge in [0.2, 0.25) is 0 Å². The lowest BCUT2D eigenvalue weighted by molar-refractivity contribution is 0.0904. The second kappa shape index (κ2) is 14.8. The Morgan fingerprint density at radius 2 is 1.67 bits per heavy atom. The van der Waals surface area contributed by atoms with E-state index in [1.54, 1.807) is 36.4 Å². The highest BCUT2D eigenvalue weighted by Crippen LogP contribution is 2.31. The van der Waals surface area contributed by atoms with Crippen LogP contribution in [0.3, 0.4) is 0 Å². The number of fused-ring (bicyclic) bond motifs is 1. The molecule has 1 aliphatic rings. The highest BCUT2D eigenvalue weighted by molar-refractivity contribution is 6.00. The van der Waals surface area contributed by atoms with E-state index in [9.17, 15) is 14.0 Å². The molecular formula is C38H41FN6O3. The summed E-state index contributed by atoms with van der Waals surface area (Å²) < 4.78 is 22.1. The van der Waals surface area contributed by atoms with Gasteiger partial charge in [-0.05, 0) is 74.6 Å². The summed E-state index contributed by atoms with van der Waals surface area (Å²) in [6, 6.07) is 19.4. The molecule has 3 aromatic carbocycles. The van der Waals surface area contributed by atoms with E-state index in [4.69, 9.17) is 9.72 Å². The van der Waals surface area contributed by atoms with Crippen LogP contribution in [0.2, 0.25) is 0 Å². The molecule has 5 aromatic rings.